The molecule has 25 heavy (non-hydrogen) atoms. The van der Waals surface area contributed by atoms with E-state index in [1.807, 2.05) is 36.4 Å². The molecule has 0 spiro atoms. The first kappa shape index (κ1) is 17.6. The van der Waals surface area contributed by atoms with Crippen molar-refractivity contribution in [3.8, 4) is 0 Å². The molecule has 0 radical (unpaired) electrons. The molecule has 0 bridgehead atoms. The van der Waals surface area contributed by atoms with Crippen molar-refractivity contribution in [1.82, 2.24) is 4.98 Å². The van der Waals surface area contributed by atoms with E-state index in [-0.39, 0.29) is 11.5 Å². The number of nitrogens with zero attached hydrogens (tertiary/aromatic N) is 1. The van der Waals surface area contributed by atoms with E-state index in [0.717, 1.165) is 16.3 Å². The predicted molar refractivity (Wildman–Crippen MR) is 102 cm³/mol. The Kier molecular flexibility index (Phi) is 5.83. The van der Waals surface area contributed by atoms with Crippen LogP contribution < -0.4 is 5.32 Å². The van der Waals surface area contributed by atoms with E-state index in [1.165, 1.54) is 18.2 Å². The topological polar surface area (TPSA) is 42.0 Å². The van der Waals surface area contributed by atoms with Crippen molar-refractivity contribution in [2.75, 3.05) is 5.32 Å². The number of hydrogen-bond donors (Lipinski definition) is 1. The summed E-state index contributed by atoms with van der Waals surface area (Å²) in [5, 5.41) is 3.75. The van der Waals surface area contributed by atoms with Crippen LogP contribution in [0.5, 0.6) is 0 Å². The van der Waals surface area contributed by atoms with E-state index in [4.69, 9.17) is 0 Å². The highest BCUT2D eigenvalue weighted by atomic mass is 79.9. The molecule has 6 heteroatoms. The lowest BCUT2D eigenvalue weighted by Gasteiger charge is -2.09. The van der Waals surface area contributed by atoms with Crippen LogP contribution in [0, 0.1) is 5.82 Å². The van der Waals surface area contributed by atoms with Crippen LogP contribution in [0.4, 0.5) is 10.1 Å². The van der Waals surface area contributed by atoms with Crippen LogP contribution >= 0.6 is 27.7 Å². The van der Waals surface area contributed by atoms with E-state index < -0.39 is 5.82 Å². The van der Waals surface area contributed by atoms with E-state index in [0.29, 0.717) is 10.2 Å². The van der Waals surface area contributed by atoms with Gasteiger partial charge in [0.05, 0.1) is 10.6 Å². The first-order valence-corrected chi connectivity index (χ1v) is 9.29. The number of thioether (sulfide) groups is 1. The molecule has 0 unspecified atom stereocenters. The minimum Gasteiger partial charge on any atom is -0.322 e. The number of carbonyl (C=O) groups is 1. The molecule has 3 nitrogen and oxygen atoms in total. The summed E-state index contributed by atoms with van der Waals surface area (Å²) in [6.07, 6.45) is 1.76. The highest BCUT2D eigenvalue weighted by Crippen LogP contribution is 2.23. The van der Waals surface area contributed by atoms with Gasteiger partial charge in [0.2, 0.25) is 0 Å². The Hall–Kier alpha value is -2.18. The highest BCUT2D eigenvalue weighted by molar-refractivity contribution is 9.10. The van der Waals surface area contributed by atoms with Gasteiger partial charge in [-0.3, -0.25) is 4.79 Å². The van der Waals surface area contributed by atoms with Crippen molar-refractivity contribution in [3.05, 3.63) is 88.3 Å². The van der Waals surface area contributed by atoms with Gasteiger partial charge in [-0.15, -0.1) is 11.8 Å². The number of pyridine rings is 1. The number of amides is 1. The quantitative estimate of drug-likeness (QED) is 0.556. The van der Waals surface area contributed by atoms with E-state index in [9.17, 15) is 9.18 Å². The molecule has 0 atom stereocenters. The lowest BCUT2D eigenvalue weighted by Crippen LogP contribution is -2.13. The molecule has 1 aromatic heterocycles. The van der Waals surface area contributed by atoms with Crippen molar-refractivity contribution in [2.45, 2.75) is 10.8 Å². The summed E-state index contributed by atoms with van der Waals surface area (Å²) in [7, 11) is 0. The number of carbonyl (C=O) groups excluding carboxylic acids is 1. The Morgan fingerprint density at radius 1 is 1.12 bits per heavy atom. The second-order valence-electron chi connectivity index (χ2n) is 5.24. The second kappa shape index (κ2) is 8.27. The SMILES string of the molecule is O=C(Nc1cccc(CSc2ccccn2)c1)c1cc(F)ccc1Br. The maximum atomic E-state index is 13.4. The molecule has 3 aromatic rings. The molecule has 1 amide bonds. The number of rotatable bonds is 5. The Morgan fingerprint density at radius 2 is 2.00 bits per heavy atom. The van der Waals surface area contributed by atoms with Gasteiger partial charge in [-0.05, 0) is 64.0 Å². The van der Waals surface area contributed by atoms with Crippen LogP contribution in [0.15, 0.2) is 76.4 Å². The molecule has 0 fully saturated rings. The second-order valence-corrected chi connectivity index (χ2v) is 7.09. The summed E-state index contributed by atoms with van der Waals surface area (Å²) in [6, 6.07) is 17.4. The van der Waals surface area contributed by atoms with Crippen LogP contribution in [-0.4, -0.2) is 10.9 Å². The average Bonchev–Trinajstić information content (AvgIpc) is 2.63. The molecule has 0 aliphatic carbocycles. The summed E-state index contributed by atoms with van der Waals surface area (Å²) >= 11 is 4.89. The Balaban J connectivity index is 1.69. The predicted octanol–water partition coefficient (Wildman–Crippen LogP) is 5.53. The third-order valence-electron chi connectivity index (χ3n) is 3.38. The normalized spacial score (nSPS) is 10.5. The molecule has 126 valence electrons. The average molecular weight is 417 g/mol. The number of benzene rings is 2. The standard InChI is InChI=1S/C19H14BrFN2OS/c20-17-8-7-14(21)11-16(17)19(24)23-15-5-3-4-13(10-15)12-25-18-6-1-2-9-22-18/h1-11H,12H2,(H,23,24). The Labute approximate surface area is 157 Å². The van der Waals surface area contributed by atoms with Crippen LogP contribution in [0.1, 0.15) is 15.9 Å². The van der Waals surface area contributed by atoms with E-state index in [1.54, 1.807) is 24.0 Å². The smallest absolute Gasteiger partial charge is 0.256 e. The third kappa shape index (κ3) is 4.90. The summed E-state index contributed by atoms with van der Waals surface area (Å²) < 4.78 is 13.9. The zero-order chi connectivity index (χ0) is 17.6. The minimum absolute atomic E-state index is 0.258. The number of halogens is 2. The lowest BCUT2D eigenvalue weighted by atomic mass is 10.2. The van der Waals surface area contributed by atoms with Gasteiger partial charge in [0.25, 0.3) is 5.91 Å². The van der Waals surface area contributed by atoms with Gasteiger partial charge in [-0.2, -0.15) is 0 Å². The fourth-order valence-corrected chi connectivity index (χ4v) is 3.43. The number of anilines is 1. The van der Waals surface area contributed by atoms with Gasteiger partial charge >= 0.3 is 0 Å². The monoisotopic (exact) mass is 416 g/mol. The first-order chi connectivity index (χ1) is 12.1. The third-order valence-corrected chi connectivity index (χ3v) is 5.09. The molecule has 3 rings (SSSR count). The van der Waals surface area contributed by atoms with Gasteiger partial charge in [-0.25, -0.2) is 9.37 Å². The number of aromatic nitrogens is 1. The summed E-state index contributed by atoms with van der Waals surface area (Å²) in [6.45, 7) is 0. The maximum Gasteiger partial charge on any atom is 0.256 e. The van der Waals surface area contributed by atoms with E-state index in [2.05, 4.69) is 26.2 Å². The molecule has 1 N–H and O–H groups in total. The van der Waals surface area contributed by atoms with Gasteiger partial charge < -0.3 is 5.32 Å². The molecule has 1 heterocycles. The van der Waals surface area contributed by atoms with Crippen molar-refractivity contribution in [1.29, 1.82) is 0 Å². The zero-order valence-corrected chi connectivity index (χ0v) is 15.5. The Morgan fingerprint density at radius 3 is 2.80 bits per heavy atom. The van der Waals surface area contributed by atoms with Crippen LogP contribution in [-0.2, 0) is 5.75 Å². The lowest BCUT2D eigenvalue weighted by molar-refractivity contribution is 0.102. The van der Waals surface area contributed by atoms with Crippen molar-refractivity contribution >= 4 is 39.3 Å². The maximum absolute atomic E-state index is 13.4. The molecule has 0 saturated heterocycles. The fraction of sp³-hybridized carbons (Fsp3) is 0.0526. The summed E-state index contributed by atoms with van der Waals surface area (Å²) in [4.78, 5) is 16.6. The number of nitrogens with one attached hydrogen (secondary N) is 1. The molecular weight excluding hydrogens is 403 g/mol. The fourth-order valence-electron chi connectivity index (χ4n) is 2.20. The Bertz CT molecular complexity index is 890. The number of hydrogen-bond acceptors (Lipinski definition) is 3. The van der Waals surface area contributed by atoms with Crippen LogP contribution in [0.25, 0.3) is 0 Å². The molecule has 0 saturated carbocycles. The minimum atomic E-state index is -0.450. The largest absolute Gasteiger partial charge is 0.322 e. The van der Waals surface area contributed by atoms with Gasteiger partial charge in [0.15, 0.2) is 0 Å². The zero-order valence-electron chi connectivity index (χ0n) is 13.1. The van der Waals surface area contributed by atoms with E-state index >= 15 is 0 Å². The highest BCUT2D eigenvalue weighted by Gasteiger charge is 2.11. The van der Waals surface area contributed by atoms with Gasteiger partial charge in [0, 0.05) is 22.1 Å². The van der Waals surface area contributed by atoms with Gasteiger partial charge in [0.1, 0.15) is 5.82 Å². The molecular formula is C19H14BrFN2OS. The van der Waals surface area contributed by atoms with Crippen molar-refractivity contribution in [3.63, 3.8) is 0 Å². The summed E-state index contributed by atoms with van der Waals surface area (Å²) in [5.74, 6) is -0.0699. The molecule has 0 aliphatic heterocycles. The van der Waals surface area contributed by atoms with Gasteiger partial charge in [-0.1, -0.05) is 18.2 Å². The van der Waals surface area contributed by atoms with Crippen LogP contribution in [0.3, 0.4) is 0 Å². The summed E-state index contributed by atoms with van der Waals surface area (Å²) in [5.41, 5.74) is 1.99. The molecule has 2 aromatic carbocycles. The van der Waals surface area contributed by atoms with Crippen LogP contribution in [0.2, 0.25) is 0 Å². The first-order valence-electron chi connectivity index (χ1n) is 7.51. The molecule has 0 aliphatic rings. The van der Waals surface area contributed by atoms with Crippen molar-refractivity contribution in [2.24, 2.45) is 0 Å². The van der Waals surface area contributed by atoms with Crippen molar-refractivity contribution < 1.29 is 9.18 Å².